The highest BCUT2D eigenvalue weighted by Gasteiger charge is 2.07. The quantitative estimate of drug-likeness (QED) is 0.621. The van der Waals surface area contributed by atoms with Gasteiger partial charge in [-0.05, 0) is 48.0 Å². The monoisotopic (exact) mass is 311 g/mol. The molecule has 24 heavy (non-hydrogen) atoms. The van der Waals surface area contributed by atoms with Gasteiger partial charge in [0.25, 0.3) is 0 Å². The zero-order chi connectivity index (χ0) is 16.4. The lowest BCUT2D eigenvalue weighted by atomic mass is 10.1. The molecule has 2 heterocycles. The molecule has 0 aliphatic heterocycles. The summed E-state index contributed by atoms with van der Waals surface area (Å²) in [6, 6.07) is 21.5. The van der Waals surface area contributed by atoms with Gasteiger partial charge < -0.3 is 5.32 Å². The molecule has 4 aromatic rings. The Kier molecular flexibility index (Phi) is 3.41. The molecule has 0 saturated heterocycles. The Morgan fingerprint density at radius 2 is 1.75 bits per heavy atom. The number of hydrogen-bond acceptors (Lipinski definition) is 4. The van der Waals surface area contributed by atoms with Crippen LogP contribution in [-0.4, -0.2) is 14.8 Å². The normalized spacial score (nSPS) is 10.5. The number of benzene rings is 2. The van der Waals surface area contributed by atoms with Crippen molar-refractivity contribution < 1.29 is 0 Å². The second-order valence-electron chi connectivity index (χ2n) is 5.35. The molecule has 0 saturated carbocycles. The summed E-state index contributed by atoms with van der Waals surface area (Å²) in [5.74, 6) is 0. The Morgan fingerprint density at radius 3 is 2.62 bits per heavy atom. The maximum absolute atomic E-state index is 9.00. The number of anilines is 2. The first-order valence-electron chi connectivity index (χ1n) is 7.50. The van der Waals surface area contributed by atoms with Gasteiger partial charge >= 0.3 is 0 Å². The van der Waals surface area contributed by atoms with Crippen molar-refractivity contribution in [1.29, 1.82) is 5.26 Å². The summed E-state index contributed by atoms with van der Waals surface area (Å²) >= 11 is 0. The molecule has 0 aliphatic carbocycles. The van der Waals surface area contributed by atoms with Crippen molar-refractivity contribution in [3.05, 3.63) is 78.6 Å². The van der Waals surface area contributed by atoms with Gasteiger partial charge in [-0.15, -0.1) is 0 Å². The lowest BCUT2D eigenvalue weighted by Crippen LogP contribution is -1.92. The maximum Gasteiger partial charge on any atom is 0.0992 e. The lowest BCUT2D eigenvalue weighted by Gasteiger charge is -2.08. The van der Waals surface area contributed by atoms with E-state index in [0.29, 0.717) is 5.56 Å². The number of nitrogens with zero attached hydrogens (tertiary/aromatic N) is 4. The van der Waals surface area contributed by atoms with Crippen LogP contribution in [0.2, 0.25) is 0 Å². The molecule has 2 aromatic carbocycles. The fourth-order valence-electron chi connectivity index (χ4n) is 2.65. The first-order valence-corrected chi connectivity index (χ1v) is 7.50. The average molecular weight is 311 g/mol. The Morgan fingerprint density at radius 1 is 0.917 bits per heavy atom. The van der Waals surface area contributed by atoms with E-state index < -0.39 is 0 Å². The zero-order valence-corrected chi connectivity index (χ0v) is 12.7. The van der Waals surface area contributed by atoms with E-state index in [9.17, 15) is 0 Å². The van der Waals surface area contributed by atoms with E-state index in [1.807, 2.05) is 54.7 Å². The fraction of sp³-hybridized carbons (Fsp3) is 0. The van der Waals surface area contributed by atoms with E-state index in [0.717, 1.165) is 28.0 Å². The third kappa shape index (κ3) is 2.57. The van der Waals surface area contributed by atoms with Crippen molar-refractivity contribution in [2.45, 2.75) is 0 Å². The van der Waals surface area contributed by atoms with Crippen molar-refractivity contribution in [2.24, 2.45) is 0 Å². The van der Waals surface area contributed by atoms with Gasteiger partial charge in [0.2, 0.25) is 0 Å². The predicted molar refractivity (Wildman–Crippen MR) is 92.9 cm³/mol. The van der Waals surface area contributed by atoms with Crippen LogP contribution in [0.4, 0.5) is 11.4 Å². The third-order valence-corrected chi connectivity index (χ3v) is 3.76. The maximum atomic E-state index is 9.00. The first kappa shape index (κ1) is 14.0. The second kappa shape index (κ2) is 5.86. The Labute approximate surface area is 138 Å². The predicted octanol–water partition coefficient (Wildman–Crippen LogP) is 4.01. The molecule has 4 rings (SSSR count). The fourth-order valence-corrected chi connectivity index (χ4v) is 2.65. The number of fused-ring (bicyclic) bond motifs is 1. The van der Waals surface area contributed by atoms with Crippen LogP contribution < -0.4 is 5.32 Å². The minimum absolute atomic E-state index is 0.629. The van der Waals surface area contributed by atoms with E-state index in [4.69, 9.17) is 5.26 Å². The molecule has 0 radical (unpaired) electrons. The number of rotatable bonds is 3. The van der Waals surface area contributed by atoms with Gasteiger partial charge in [0, 0.05) is 23.1 Å². The van der Waals surface area contributed by atoms with E-state index in [-0.39, 0.29) is 0 Å². The molecule has 5 nitrogen and oxygen atoms in total. The smallest absolute Gasteiger partial charge is 0.0992 e. The van der Waals surface area contributed by atoms with Crippen molar-refractivity contribution in [3.8, 4) is 17.2 Å². The van der Waals surface area contributed by atoms with Crippen molar-refractivity contribution in [1.82, 2.24) is 14.8 Å². The molecular weight excluding hydrogens is 298 g/mol. The third-order valence-electron chi connectivity index (χ3n) is 3.76. The standard InChI is InChI=1S/C19H13N5/c20-12-14-4-1-6-16(10-14)23-17-7-2-5-15(11-17)18-13-22-24-19(18)8-3-9-21-24/h1-11,13,23H. The number of nitriles is 1. The van der Waals surface area contributed by atoms with Gasteiger partial charge in [-0.1, -0.05) is 18.2 Å². The summed E-state index contributed by atoms with van der Waals surface area (Å²) in [7, 11) is 0. The van der Waals surface area contributed by atoms with Gasteiger partial charge in [-0.2, -0.15) is 20.1 Å². The highest BCUT2D eigenvalue weighted by atomic mass is 15.4. The largest absolute Gasteiger partial charge is 0.355 e. The molecule has 0 bridgehead atoms. The van der Waals surface area contributed by atoms with Crippen molar-refractivity contribution >= 4 is 16.9 Å². The minimum atomic E-state index is 0.629. The molecule has 0 aliphatic rings. The second-order valence-corrected chi connectivity index (χ2v) is 5.35. The van der Waals surface area contributed by atoms with Crippen molar-refractivity contribution in [3.63, 3.8) is 0 Å². The van der Waals surface area contributed by atoms with Gasteiger partial charge in [0.05, 0.1) is 23.3 Å². The topological polar surface area (TPSA) is 66.0 Å². The van der Waals surface area contributed by atoms with Crippen LogP contribution in [0.25, 0.3) is 16.6 Å². The van der Waals surface area contributed by atoms with Gasteiger partial charge in [-0.3, -0.25) is 0 Å². The van der Waals surface area contributed by atoms with Crippen LogP contribution in [0.15, 0.2) is 73.1 Å². The highest BCUT2D eigenvalue weighted by molar-refractivity contribution is 5.81. The summed E-state index contributed by atoms with van der Waals surface area (Å²) in [6.45, 7) is 0. The summed E-state index contributed by atoms with van der Waals surface area (Å²) in [5, 5.41) is 20.8. The Balaban J connectivity index is 1.70. The van der Waals surface area contributed by atoms with Crippen LogP contribution >= 0.6 is 0 Å². The molecule has 2 aromatic heterocycles. The Hall–Kier alpha value is -3.65. The minimum Gasteiger partial charge on any atom is -0.355 e. The number of nitrogens with one attached hydrogen (secondary N) is 1. The first-order chi connectivity index (χ1) is 11.8. The van der Waals surface area contributed by atoms with Gasteiger partial charge in [0.1, 0.15) is 0 Å². The van der Waals surface area contributed by atoms with E-state index in [1.165, 1.54) is 0 Å². The molecule has 1 N–H and O–H groups in total. The van der Waals surface area contributed by atoms with E-state index >= 15 is 0 Å². The molecule has 0 fully saturated rings. The molecule has 5 heteroatoms. The molecule has 0 atom stereocenters. The van der Waals surface area contributed by atoms with Crippen LogP contribution in [-0.2, 0) is 0 Å². The SMILES string of the molecule is N#Cc1cccc(Nc2cccc(-c3cnn4ncccc34)c2)c1. The highest BCUT2D eigenvalue weighted by Crippen LogP contribution is 2.27. The van der Waals surface area contributed by atoms with Crippen LogP contribution in [0.5, 0.6) is 0 Å². The Bertz CT molecular complexity index is 1060. The van der Waals surface area contributed by atoms with Gasteiger partial charge in [-0.25, -0.2) is 0 Å². The molecule has 0 unspecified atom stereocenters. The lowest BCUT2D eigenvalue weighted by molar-refractivity contribution is 0.800. The molecule has 0 spiro atoms. The molecular formula is C19H13N5. The van der Waals surface area contributed by atoms with Gasteiger partial charge in [0.15, 0.2) is 0 Å². The molecule has 114 valence electrons. The van der Waals surface area contributed by atoms with Crippen molar-refractivity contribution in [2.75, 3.05) is 5.32 Å². The summed E-state index contributed by atoms with van der Waals surface area (Å²) in [6.07, 6.45) is 3.53. The summed E-state index contributed by atoms with van der Waals surface area (Å²) < 4.78 is 1.62. The zero-order valence-electron chi connectivity index (χ0n) is 12.7. The van der Waals surface area contributed by atoms with E-state index in [1.54, 1.807) is 16.9 Å². The summed E-state index contributed by atoms with van der Waals surface area (Å²) in [4.78, 5) is 0. The van der Waals surface area contributed by atoms with E-state index in [2.05, 4.69) is 27.6 Å². The summed E-state index contributed by atoms with van der Waals surface area (Å²) in [5.41, 5.74) is 5.50. The van der Waals surface area contributed by atoms with Crippen LogP contribution in [0.3, 0.4) is 0 Å². The number of hydrogen-bond donors (Lipinski definition) is 1. The molecule has 0 amide bonds. The average Bonchev–Trinajstić information content (AvgIpc) is 3.06. The van der Waals surface area contributed by atoms with Crippen LogP contribution in [0.1, 0.15) is 5.56 Å². The van der Waals surface area contributed by atoms with Crippen LogP contribution in [0, 0.1) is 11.3 Å². The number of aromatic nitrogens is 3.